The molecule has 0 bridgehead atoms. The number of benzene rings is 2. The average Bonchev–Trinajstić information content (AvgIpc) is 2.64. The predicted octanol–water partition coefficient (Wildman–Crippen LogP) is 5.49. The molecule has 0 aliphatic carbocycles. The molecule has 1 fully saturated rings. The van der Waals surface area contributed by atoms with Gasteiger partial charge < -0.3 is 9.47 Å². The lowest BCUT2D eigenvalue weighted by Crippen LogP contribution is -2.46. The highest BCUT2D eigenvalue weighted by atomic mass is 32.2. The van der Waals surface area contributed by atoms with Crippen LogP contribution in [0.3, 0.4) is 0 Å². The number of nitrogens with zero attached hydrogens (tertiary/aromatic N) is 3. The maximum atomic E-state index is 8.97. The Morgan fingerprint density at radius 1 is 1.19 bits per heavy atom. The molecule has 6 heteroatoms. The summed E-state index contributed by atoms with van der Waals surface area (Å²) in [6.07, 6.45) is 0.235. The summed E-state index contributed by atoms with van der Waals surface area (Å²) in [4.78, 5) is 4.18. The van der Waals surface area contributed by atoms with Crippen molar-refractivity contribution < 1.29 is 9.47 Å². The van der Waals surface area contributed by atoms with Crippen LogP contribution in [-0.2, 0) is 16.1 Å². The minimum absolute atomic E-state index is 0.0558. The summed E-state index contributed by atoms with van der Waals surface area (Å²) < 4.78 is 12.2. The zero-order chi connectivity index (χ0) is 18.4. The fraction of sp³-hybridized carbons (Fsp3) is 0.400. The van der Waals surface area contributed by atoms with E-state index in [0.717, 1.165) is 10.5 Å². The van der Waals surface area contributed by atoms with Crippen LogP contribution in [0.25, 0.3) is 10.4 Å². The summed E-state index contributed by atoms with van der Waals surface area (Å²) in [7, 11) is 0. The topological polar surface area (TPSA) is 67.2 Å². The molecule has 2 aromatic carbocycles. The molecular weight excluding hydrogens is 346 g/mol. The van der Waals surface area contributed by atoms with Gasteiger partial charge in [-0.1, -0.05) is 64.9 Å². The molecule has 0 spiro atoms. The van der Waals surface area contributed by atoms with Crippen LogP contribution in [0.2, 0.25) is 0 Å². The van der Waals surface area contributed by atoms with Gasteiger partial charge in [0.2, 0.25) is 0 Å². The van der Waals surface area contributed by atoms with E-state index >= 15 is 0 Å². The number of ether oxygens (including phenoxy) is 2. The van der Waals surface area contributed by atoms with Crippen LogP contribution in [0.1, 0.15) is 24.5 Å². The molecule has 1 aliphatic heterocycles. The van der Waals surface area contributed by atoms with E-state index in [1.54, 1.807) is 11.8 Å². The molecule has 3 rings (SSSR count). The van der Waals surface area contributed by atoms with Crippen molar-refractivity contribution in [1.29, 1.82) is 0 Å². The number of hydrogen-bond donors (Lipinski definition) is 0. The molecule has 1 aliphatic rings. The molecule has 0 N–H and O–H groups in total. The summed E-state index contributed by atoms with van der Waals surface area (Å²) in [5.41, 5.74) is 11.2. The third kappa shape index (κ3) is 5.02. The lowest BCUT2D eigenvalue weighted by Gasteiger charge is -2.38. The van der Waals surface area contributed by atoms with Gasteiger partial charge in [-0.25, -0.2) is 0 Å². The van der Waals surface area contributed by atoms with Gasteiger partial charge in [-0.05, 0) is 43.5 Å². The molecule has 0 saturated carbocycles. The lowest BCUT2D eigenvalue weighted by molar-refractivity contribution is -0.122. The first-order valence-electron chi connectivity index (χ1n) is 8.74. The quantitative estimate of drug-likeness (QED) is 0.384. The third-order valence-electron chi connectivity index (χ3n) is 4.42. The van der Waals surface area contributed by atoms with Crippen molar-refractivity contribution in [3.63, 3.8) is 0 Å². The SMILES string of the molecule is Cc1ccc(SC2C[C@H](N=[N+]=[N-])[C@@H](OCc3ccccc3)[C@H](C)O2)cc1. The van der Waals surface area contributed by atoms with Gasteiger partial charge in [-0.15, -0.1) is 0 Å². The molecule has 1 saturated heterocycles. The largest absolute Gasteiger partial charge is 0.370 e. The second-order valence-corrected chi connectivity index (χ2v) is 7.70. The van der Waals surface area contributed by atoms with Gasteiger partial charge in [0.1, 0.15) is 5.44 Å². The van der Waals surface area contributed by atoms with E-state index in [9.17, 15) is 0 Å². The number of azide groups is 1. The predicted molar refractivity (Wildman–Crippen MR) is 104 cm³/mol. The van der Waals surface area contributed by atoms with Gasteiger partial charge >= 0.3 is 0 Å². The summed E-state index contributed by atoms with van der Waals surface area (Å²) in [6, 6.07) is 18.1. The highest BCUT2D eigenvalue weighted by Gasteiger charge is 2.37. The van der Waals surface area contributed by atoms with E-state index in [4.69, 9.17) is 15.0 Å². The van der Waals surface area contributed by atoms with Crippen LogP contribution in [-0.4, -0.2) is 23.7 Å². The van der Waals surface area contributed by atoms with Crippen molar-refractivity contribution in [3.05, 3.63) is 76.2 Å². The lowest BCUT2D eigenvalue weighted by atomic mass is 10.0. The zero-order valence-corrected chi connectivity index (χ0v) is 15.8. The Morgan fingerprint density at radius 2 is 1.92 bits per heavy atom. The first-order valence-corrected chi connectivity index (χ1v) is 9.62. The second-order valence-electron chi connectivity index (χ2n) is 6.47. The molecule has 5 nitrogen and oxygen atoms in total. The minimum atomic E-state index is -0.249. The molecule has 0 aromatic heterocycles. The number of rotatable bonds is 6. The van der Waals surface area contributed by atoms with E-state index in [0.29, 0.717) is 13.0 Å². The zero-order valence-electron chi connectivity index (χ0n) is 15.0. The monoisotopic (exact) mass is 369 g/mol. The van der Waals surface area contributed by atoms with Crippen molar-refractivity contribution in [3.8, 4) is 0 Å². The Labute approximate surface area is 158 Å². The van der Waals surface area contributed by atoms with Gasteiger partial charge in [0, 0.05) is 9.81 Å². The second kappa shape index (κ2) is 9.10. The highest BCUT2D eigenvalue weighted by molar-refractivity contribution is 7.99. The Kier molecular flexibility index (Phi) is 6.58. The fourth-order valence-corrected chi connectivity index (χ4v) is 4.17. The standard InChI is InChI=1S/C20H23N3O2S/c1-14-8-10-17(11-9-14)26-19-12-18(22-23-21)20(15(2)25-19)24-13-16-6-4-3-5-7-16/h3-11,15,18-20H,12-13H2,1-2H3/t15-,18-,19?,20-/m0/s1. The Morgan fingerprint density at radius 3 is 2.62 bits per heavy atom. The van der Waals surface area contributed by atoms with Gasteiger partial charge in [-0.2, -0.15) is 0 Å². The number of thioether (sulfide) groups is 1. The van der Waals surface area contributed by atoms with Gasteiger partial charge in [0.05, 0.1) is 24.9 Å². The Bertz CT molecular complexity index is 747. The smallest absolute Gasteiger partial charge is 0.108 e. The summed E-state index contributed by atoms with van der Waals surface area (Å²) in [6.45, 7) is 4.53. The van der Waals surface area contributed by atoms with Crippen LogP contribution in [0.4, 0.5) is 0 Å². The van der Waals surface area contributed by atoms with E-state index in [1.807, 2.05) is 37.3 Å². The Balaban J connectivity index is 1.64. The summed E-state index contributed by atoms with van der Waals surface area (Å²) in [5, 5.41) is 4.00. The summed E-state index contributed by atoms with van der Waals surface area (Å²) in [5.74, 6) is 0. The minimum Gasteiger partial charge on any atom is -0.370 e. The molecule has 4 atom stereocenters. The highest BCUT2D eigenvalue weighted by Crippen LogP contribution is 2.35. The van der Waals surface area contributed by atoms with Crippen LogP contribution in [0, 0.1) is 6.92 Å². The first-order chi connectivity index (χ1) is 12.7. The average molecular weight is 369 g/mol. The van der Waals surface area contributed by atoms with Crippen LogP contribution >= 0.6 is 11.8 Å². The first kappa shape index (κ1) is 18.8. The van der Waals surface area contributed by atoms with Crippen LogP contribution in [0.5, 0.6) is 0 Å². The van der Waals surface area contributed by atoms with Crippen molar-refractivity contribution in [2.45, 2.75) is 55.5 Å². The van der Waals surface area contributed by atoms with Crippen molar-refractivity contribution >= 4 is 11.8 Å². The van der Waals surface area contributed by atoms with Crippen molar-refractivity contribution in [2.24, 2.45) is 5.11 Å². The Hall–Kier alpha value is -1.98. The molecule has 26 heavy (non-hydrogen) atoms. The molecule has 0 radical (unpaired) electrons. The van der Waals surface area contributed by atoms with Crippen LogP contribution in [0.15, 0.2) is 64.6 Å². The van der Waals surface area contributed by atoms with E-state index in [1.165, 1.54) is 5.56 Å². The third-order valence-corrected chi connectivity index (χ3v) is 5.53. The maximum absolute atomic E-state index is 8.97. The number of hydrogen-bond acceptors (Lipinski definition) is 4. The molecule has 1 unspecified atom stereocenters. The van der Waals surface area contributed by atoms with E-state index < -0.39 is 0 Å². The molecule has 136 valence electrons. The number of aryl methyl sites for hydroxylation is 1. The summed E-state index contributed by atoms with van der Waals surface area (Å²) >= 11 is 1.66. The molecule has 2 aromatic rings. The molecule has 1 heterocycles. The van der Waals surface area contributed by atoms with E-state index in [-0.39, 0.29) is 23.7 Å². The van der Waals surface area contributed by atoms with Crippen molar-refractivity contribution in [2.75, 3.05) is 0 Å². The molecule has 0 amide bonds. The van der Waals surface area contributed by atoms with Crippen LogP contribution < -0.4 is 0 Å². The van der Waals surface area contributed by atoms with E-state index in [2.05, 4.69) is 41.2 Å². The molecular formula is C20H23N3O2S. The van der Waals surface area contributed by atoms with Gasteiger partial charge in [0.15, 0.2) is 0 Å². The fourth-order valence-electron chi connectivity index (χ4n) is 3.05. The van der Waals surface area contributed by atoms with Crippen molar-refractivity contribution in [1.82, 2.24) is 0 Å². The maximum Gasteiger partial charge on any atom is 0.108 e. The normalized spacial score (nSPS) is 25.5. The van der Waals surface area contributed by atoms with Gasteiger partial charge in [-0.3, -0.25) is 0 Å². The van der Waals surface area contributed by atoms with Gasteiger partial charge in [0.25, 0.3) is 0 Å².